The average Bonchev–Trinajstić information content (AvgIpc) is 3.58. The zero-order valence-corrected chi connectivity index (χ0v) is 22.2. The van der Waals surface area contributed by atoms with E-state index in [1.807, 2.05) is 6.07 Å². The molecular formula is C29H28ClNO5S. The summed E-state index contributed by atoms with van der Waals surface area (Å²) in [5.41, 5.74) is 0.679. The van der Waals surface area contributed by atoms with E-state index in [9.17, 15) is 18.0 Å². The maximum Gasteiger partial charge on any atom is 0.289 e. The Morgan fingerprint density at radius 2 is 1.68 bits per heavy atom. The Kier molecular flexibility index (Phi) is 6.45. The molecule has 2 aliphatic rings. The molecule has 6 nitrogen and oxygen atoms in total. The molecule has 1 aromatic heterocycles. The van der Waals surface area contributed by atoms with Crippen LogP contribution in [-0.4, -0.2) is 31.9 Å². The largest absolute Gasteiger partial charge is 0.449 e. The van der Waals surface area contributed by atoms with Gasteiger partial charge in [0.15, 0.2) is 15.6 Å². The van der Waals surface area contributed by atoms with Gasteiger partial charge >= 0.3 is 0 Å². The van der Waals surface area contributed by atoms with Gasteiger partial charge in [0, 0.05) is 23.5 Å². The lowest BCUT2D eigenvalue weighted by Gasteiger charge is -2.37. The monoisotopic (exact) mass is 537 g/mol. The molecule has 0 saturated heterocycles. The summed E-state index contributed by atoms with van der Waals surface area (Å²) in [5.74, 6) is 2.22. The van der Waals surface area contributed by atoms with Gasteiger partial charge in [-0.15, -0.1) is 6.42 Å². The van der Waals surface area contributed by atoms with Gasteiger partial charge in [-0.1, -0.05) is 55.0 Å². The van der Waals surface area contributed by atoms with Crippen LogP contribution in [0.15, 0.2) is 51.8 Å². The zero-order valence-electron chi connectivity index (χ0n) is 20.6. The first-order valence-electron chi connectivity index (χ1n) is 12.4. The van der Waals surface area contributed by atoms with Gasteiger partial charge in [-0.2, -0.15) is 0 Å². The smallest absolute Gasteiger partial charge is 0.289 e. The highest BCUT2D eigenvalue weighted by Crippen LogP contribution is 2.49. The lowest BCUT2D eigenvalue weighted by Crippen LogP contribution is -2.56. The third kappa shape index (κ3) is 4.93. The minimum absolute atomic E-state index is 0.0111. The zero-order chi connectivity index (χ0) is 26.4. The number of Topliss-reactive ketones (excluding diaryl/α,β-unsaturated/α-hetero) is 1. The third-order valence-corrected chi connectivity index (χ3v) is 9.21. The Hall–Kier alpha value is -3.08. The molecule has 0 bridgehead atoms. The van der Waals surface area contributed by atoms with Gasteiger partial charge in [0.2, 0.25) is 5.76 Å². The van der Waals surface area contributed by atoms with Crippen molar-refractivity contribution in [2.24, 2.45) is 5.41 Å². The second kappa shape index (κ2) is 9.34. The number of ketones is 1. The van der Waals surface area contributed by atoms with E-state index in [-0.39, 0.29) is 33.3 Å². The molecular weight excluding hydrogens is 510 g/mol. The summed E-state index contributed by atoms with van der Waals surface area (Å²) >= 11 is 6.57. The fraction of sp³-hybridized carbons (Fsp3) is 0.379. The molecule has 0 atom stereocenters. The summed E-state index contributed by atoms with van der Waals surface area (Å²) in [7, 11) is -3.29. The Balaban J connectivity index is 1.42. The van der Waals surface area contributed by atoms with E-state index < -0.39 is 21.3 Å². The molecule has 1 amide bonds. The van der Waals surface area contributed by atoms with Crippen molar-refractivity contribution in [3.8, 4) is 23.5 Å². The molecule has 0 radical (unpaired) electrons. The molecule has 2 saturated carbocycles. The molecule has 1 N–H and O–H groups in total. The van der Waals surface area contributed by atoms with Crippen LogP contribution in [0.25, 0.3) is 22.1 Å². The van der Waals surface area contributed by atoms with Crippen molar-refractivity contribution < 1.29 is 22.4 Å². The Morgan fingerprint density at radius 3 is 2.27 bits per heavy atom. The van der Waals surface area contributed by atoms with Crippen LogP contribution in [-0.2, 0) is 14.6 Å². The summed E-state index contributed by atoms with van der Waals surface area (Å²) in [6.07, 6.45) is 12.7. The van der Waals surface area contributed by atoms with Gasteiger partial charge in [-0.3, -0.25) is 9.59 Å². The molecule has 2 aromatic carbocycles. The predicted molar refractivity (Wildman–Crippen MR) is 143 cm³/mol. The number of halogens is 1. The van der Waals surface area contributed by atoms with Crippen LogP contribution in [0.4, 0.5) is 0 Å². The summed E-state index contributed by atoms with van der Waals surface area (Å²) in [6.45, 7) is 0. The highest BCUT2D eigenvalue weighted by molar-refractivity contribution is 7.90. The summed E-state index contributed by atoms with van der Waals surface area (Å²) in [5, 5.41) is 3.77. The van der Waals surface area contributed by atoms with Crippen molar-refractivity contribution in [3.63, 3.8) is 0 Å². The van der Waals surface area contributed by atoms with Crippen LogP contribution < -0.4 is 5.32 Å². The quantitative estimate of drug-likeness (QED) is 0.375. The molecule has 0 unspecified atom stereocenters. The van der Waals surface area contributed by atoms with Crippen molar-refractivity contribution in [3.05, 3.63) is 53.2 Å². The maximum atomic E-state index is 13.4. The second-order valence-corrected chi connectivity index (χ2v) is 12.8. The van der Waals surface area contributed by atoms with Crippen molar-refractivity contribution in [1.82, 2.24) is 5.32 Å². The van der Waals surface area contributed by atoms with E-state index in [0.29, 0.717) is 23.8 Å². The van der Waals surface area contributed by atoms with Crippen LogP contribution >= 0.6 is 11.6 Å². The molecule has 3 aromatic rings. The predicted octanol–water partition coefficient (Wildman–Crippen LogP) is 5.96. The van der Waals surface area contributed by atoms with Gasteiger partial charge in [-0.05, 0) is 61.1 Å². The normalized spacial score (nSPS) is 18.2. The number of hydrogen-bond acceptors (Lipinski definition) is 5. The van der Waals surface area contributed by atoms with E-state index in [4.69, 9.17) is 22.4 Å². The number of carbonyl (C=O) groups excluding carboxylic acids is 2. The van der Waals surface area contributed by atoms with Crippen LogP contribution in [0.3, 0.4) is 0 Å². The maximum absolute atomic E-state index is 13.4. The molecule has 0 spiro atoms. The number of furan rings is 1. The molecule has 37 heavy (non-hydrogen) atoms. The van der Waals surface area contributed by atoms with Crippen LogP contribution in [0.1, 0.15) is 61.9 Å². The molecule has 5 rings (SSSR count). The van der Waals surface area contributed by atoms with E-state index in [2.05, 4.69) is 11.2 Å². The fourth-order valence-corrected chi connectivity index (χ4v) is 6.10. The molecule has 2 aliphatic carbocycles. The van der Waals surface area contributed by atoms with Crippen molar-refractivity contribution in [2.75, 3.05) is 6.26 Å². The third-order valence-electron chi connectivity index (χ3n) is 7.70. The van der Waals surface area contributed by atoms with Crippen molar-refractivity contribution >= 4 is 44.1 Å². The highest BCUT2D eigenvalue weighted by Gasteiger charge is 2.49. The lowest BCUT2D eigenvalue weighted by atomic mass is 9.75. The number of rotatable bonds is 7. The van der Waals surface area contributed by atoms with Crippen LogP contribution in [0, 0.1) is 17.8 Å². The number of sulfone groups is 1. The summed E-state index contributed by atoms with van der Waals surface area (Å²) in [4.78, 5) is 27.1. The minimum Gasteiger partial charge on any atom is -0.449 e. The number of hydrogen-bond donors (Lipinski definition) is 1. The van der Waals surface area contributed by atoms with E-state index in [1.54, 1.807) is 36.4 Å². The van der Waals surface area contributed by atoms with Crippen molar-refractivity contribution in [1.29, 1.82) is 0 Å². The SMILES string of the molecule is C#CC1(CC(=O)C2(NC(=O)c3oc4cc(-c5ccc(S(C)(=O)=O)cc5)ccc4c3Cl)CCCCC2)CC1. The Morgan fingerprint density at radius 1 is 1.03 bits per heavy atom. The van der Waals surface area contributed by atoms with Gasteiger partial charge in [0.25, 0.3) is 5.91 Å². The molecule has 0 aliphatic heterocycles. The highest BCUT2D eigenvalue weighted by atomic mass is 35.5. The van der Waals surface area contributed by atoms with Gasteiger partial charge in [0.1, 0.15) is 5.58 Å². The molecule has 1 heterocycles. The minimum atomic E-state index is -3.29. The number of nitrogens with one attached hydrogen (secondary N) is 1. The Bertz CT molecular complexity index is 1540. The fourth-order valence-electron chi connectivity index (χ4n) is 5.19. The number of terminal acetylenes is 1. The van der Waals surface area contributed by atoms with Crippen LogP contribution in [0.5, 0.6) is 0 Å². The average molecular weight is 538 g/mol. The topological polar surface area (TPSA) is 93.4 Å². The van der Waals surface area contributed by atoms with Gasteiger partial charge in [-0.25, -0.2) is 8.42 Å². The van der Waals surface area contributed by atoms with Gasteiger partial charge in [0.05, 0.1) is 15.5 Å². The first-order chi connectivity index (χ1) is 17.6. The molecule has 8 heteroatoms. The van der Waals surface area contributed by atoms with Gasteiger partial charge < -0.3 is 9.73 Å². The van der Waals surface area contributed by atoms with E-state index in [0.717, 1.165) is 49.5 Å². The standard InChI is InChI=1S/C29H28ClNO5S/c1-3-28(15-16-28)18-24(32)29(13-5-4-6-14-29)31-27(33)26-25(30)22-12-9-20(17-23(22)36-26)19-7-10-21(11-8-19)37(2,34)35/h1,7-12,17H,4-6,13-16,18H2,2H3,(H,31,33). The summed E-state index contributed by atoms with van der Waals surface area (Å²) in [6, 6.07) is 11.9. The number of carbonyl (C=O) groups is 2. The lowest BCUT2D eigenvalue weighted by molar-refractivity contribution is -0.127. The van der Waals surface area contributed by atoms with Crippen LogP contribution in [0.2, 0.25) is 5.02 Å². The number of fused-ring (bicyclic) bond motifs is 1. The number of amides is 1. The summed E-state index contributed by atoms with van der Waals surface area (Å²) < 4.78 is 29.4. The number of benzene rings is 2. The second-order valence-electron chi connectivity index (χ2n) is 10.4. The molecule has 192 valence electrons. The van der Waals surface area contributed by atoms with Crippen molar-refractivity contribution in [2.45, 2.75) is 61.8 Å². The first-order valence-corrected chi connectivity index (χ1v) is 14.7. The van der Waals surface area contributed by atoms with E-state index in [1.165, 1.54) is 0 Å². The van der Waals surface area contributed by atoms with E-state index >= 15 is 0 Å². The first kappa shape index (κ1) is 25.6. The Labute approximate surface area is 221 Å². The molecule has 2 fully saturated rings.